The van der Waals surface area contributed by atoms with Crippen LogP contribution in [0, 0.1) is 0 Å². The van der Waals surface area contributed by atoms with Gasteiger partial charge in [-0.2, -0.15) is 0 Å². The summed E-state index contributed by atoms with van der Waals surface area (Å²) in [4.78, 5) is 20.2. The van der Waals surface area contributed by atoms with E-state index in [1.54, 1.807) is 0 Å². The lowest BCUT2D eigenvalue weighted by atomic mass is 9.90. The third kappa shape index (κ3) is 7.02. The standard InChI is InChI=1S/C33H36N6.BrH/c1-2-12-30-29(11-1)37-32(38-30)14-7-21-39(31-13-5-8-27-9-6-20-36-33(27)31)24-26-17-15-25(16-18-26)22-34-23-28-10-3-4-19-35-28;/h1-4,6,9-12,15-20,31,34H,5,7-8,13-14,21-24H2,(H,37,38);1H. The zero-order valence-corrected chi connectivity index (χ0v) is 24.5. The molecule has 0 fully saturated rings. The van der Waals surface area contributed by atoms with E-state index in [4.69, 9.17) is 9.97 Å². The van der Waals surface area contributed by atoms with Crippen LogP contribution in [-0.4, -0.2) is 31.4 Å². The van der Waals surface area contributed by atoms with Crippen LogP contribution in [-0.2, 0) is 32.5 Å². The van der Waals surface area contributed by atoms with Gasteiger partial charge in [-0.25, -0.2) is 4.98 Å². The molecule has 6 nitrogen and oxygen atoms in total. The molecule has 1 aliphatic rings. The molecule has 0 spiro atoms. The van der Waals surface area contributed by atoms with Crippen molar-refractivity contribution >= 4 is 28.0 Å². The Labute approximate surface area is 247 Å². The van der Waals surface area contributed by atoms with Crippen molar-refractivity contribution in [2.45, 2.75) is 57.8 Å². The summed E-state index contributed by atoms with van der Waals surface area (Å²) >= 11 is 0. The van der Waals surface area contributed by atoms with Gasteiger partial charge in [0.2, 0.25) is 0 Å². The molecule has 0 aliphatic heterocycles. The third-order valence-electron chi connectivity index (χ3n) is 7.67. The molecule has 1 aliphatic carbocycles. The van der Waals surface area contributed by atoms with Gasteiger partial charge in [0.05, 0.1) is 28.5 Å². The molecule has 1 atom stereocenters. The average Bonchev–Trinajstić information content (AvgIpc) is 3.41. The van der Waals surface area contributed by atoms with Gasteiger partial charge in [0.25, 0.3) is 0 Å². The summed E-state index contributed by atoms with van der Waals surface area (Å²) in [5.41, 5.74) is 8.53. The van der Waals surface area contributed by atoms with Crippen LogP contribution < -0.4 is 5.32 Å². The summed E-state index contributed by atoms with van der Waals surface area (Å²) in [6.07, 6.45) is 9.29. The minimum Gasteiger partial charge on any atom is -0.342 e. The molecule has 206 valence electrons. The molecular weight excluding hydrogens is 560 g/mol. The number of benzene rings is 2. The first kappa shape index (κ1) is 28.1. The van der Waals surface area contributed by atoms with Crippen molar-refractivity contribution in [2.75, 3.05) is 6.54 Å². The van der Waals surface area contributed by atoms with Crippen LogP contribution in [0.4, 0.5) is 0 Å². The molecule has 3 heterocycles. The Morgan fingerprint density at radius 1 is 0.850 bits per heavy atom. The van der Waals surface area contributed by atoms with Crippen molar-refractivity contribution in [3.8, 4) is 0 Å². The van der Waals surface area contributed by atoms with Gasteiger partial charge in [-0.1, -0.05) is 48.5 Å². The number of hydrogen-bond donors (Lipinski definition) is 2. The molecule has 7 heteroatoms. The number of nitrogens with one attached hydrogen (secondary N) is 2. The molecular formula is C33H37BrN6. The van der Waals surface area contributed by atoms with Gasteiger partial charge in [-0.3, -0.25) is 14.9 Å². The second kappa shape index (κ2) is 13.8. The maximum Gasteiger partial charge on any atom is 0.107 e. The second-order valence-electron chi connectivity index (χ2n) is 10.5. The SMILES string of the molecule is Br.c1ccc(CNCc2ccc(CN(CCCc3nc4ccccc4[nH]3)C3CCCc4cccnc43)cc2)nc1. The van der Waals surface area contributed by atoms with Crippen molar-refractivity contribution in [2.24, 2.45) is 0 Å². The lowest BCUT2D eigenvalue weighted by molar-refractivity contribution is 0.163. The van der Waals surface area contributed by atoms with Gasteiger partial charge in [0, 0.05) is 38.4 Å². The molecule has 6 rings (SSSR count). The number of para-hydroxylation sites is 2. The van der Waals surface area contributed by atoms with E-state index in [2.05, 4.69) is 80.8 Å². The van der Waals surface area contributed by atoms with E-state index in [1.165, 1.54) is 28.8 Å². The van der Waals surface area contributed by atoms with Crippen molar-refractivity contribution in [1.82, 2.24) is 30.2 Å². The molecule has 0 bridgehead atoms. The van der Waals surface area contributed by atoms with E-state index in [1.807, 2.05) is 30.6 Å². The van der Waals surface area contributed by atoms with E-state index >= 15 is 0 Å². The number of H-pyrrole nitrogens is 1. The first-order chi connectivity index (χ1) is 19.3. The summed E-state index contributed by atoms with van der Waals surface area (Å²) in [6, 6.07) is 28.1. The highest BCUT2D eigenvalue weighted by molar-refractivity contribution is 8.93. The minimum atomic E-state index is 0. The van der Waals surface area contributed by atoms with Crippen molar-refractivity contribution < 1.29 is 0 Å². The number of pyridine rings is 2. The summed E-state index contributed by atoms with van der Waals surface area (Å²) in [5.74, 6) is 1.07. The third-order valence-corrected chi connectivity index (χ3v) is 7.67. The van der Waals surface area contributed by atoms with Crippen LogP contribution in [0.2, 0.25) is 0 Å². The molecule has 0 radical (unpaired) electrons. The number of imidazole rings is 1. The number of rotatable bonds is 11. The number of hydrogen-bond acceptors (Lipinski definition) is 5. The van der Waals surface area contributed by atoms with Crippen LogP contribution in [0.1, 0.15) is 59.2 Å². The number of nitrogens with zero attached hydrogens (tertiary/aromatic N) is 4. The van der Waals surface area contributed by atoms with Gasteiger partial charge in [-0.05, 0) is 79.3 Å². The Morgan fingerprint density at radius 3 is 2.52 bits per heavy atom. The average molecular weight is 598 g/mol. The molecule has 1 unspecified atom stereocenters. The monoisotopic (exact) mass is 596 g/mol. The summed E-state index contributed by atoms with van der Waals surface area (Å²) in [5, 5.41) is 3.50. The second-order valence-corrected chi connectivity index (χ2v) is 10.5. The summed E-state index contributed by atoms with van der Waals surface area (Å²) in [7, 11) is 0. The van der Waals surface area contributed by atoms with Crippen molar-refractivity contribution in [3.05, 3.63) is 125 Å². The highest BCUT2D eigenvalue weighted by atomic mass is 79.9. The Kier molecular flexibility index (Phi) is 9.71. The number of fused-ring (bicyclic) bond motifs is 2. The molecule has 2 aromatic carbocycles. The first-order valence-electron chi connectivity index (χ1n) is 14.1. The first-order valence-corrected chi connectivity index (χ1v) is 14.1. The Balaban J connectivity index is 0.00000323. The van der Waals surface area contributed by atoms with E-state index in [0.717, 1.165) is 74.4 Å². The molecule has 5 aromatic rings. The van der Waals surface area contributed by atoms with E-state index in [0.29, 0.717) is 6.04 Å². The lowest BCUT2D eigenvalue weighted by Crippen LogP contribution is -2.33. The quantitative estimate of drug-likeness (QED) is 0.177. The zero-order chi connectivity index (χ0) is 26.3. The van der Waals surface area contributed by atoms with Gasteiger partial charge in [0.15, 0.2) is 0 Å². The van der Waals surface area contributed by atoms with Crippen LogP contribution in [0.5, 0.6) is 0 Å². The minimum absolute atomic E-state index is 0. The fraction of sp³-hybridized carbons (Fsp3) is 0.303. The molecule has 3 aromatic heterocycles. The van der Waals surface area contributed by atoms with Gasteiger partial charge >= 0.3 is 0 Å². The predicted molar refractivity (Wildman–Crippen MR) is 166 cm³/mol. The smallest absolute Gasteiger partial charge is 0.107 e. The number of aromatic amines is 1. The normalized spacial score (nSPS) is 14.7. The van der Waals surface area contributed by atoms with Crippen LogP contribution in [0.15, 0.2) is 91.3 Å². The Bertz CT molecular complexity index is 1450. The molecule has 0 saturated carbocycles. The predicted octanol–water partition coefficient (Wildman–Crippen LogP) is 6.73. The number of aromatic nitrogens is 4. The summed E-state index contributed by atoms with van der Waals surface area (Å²) < 4.78 is 0. The molecule has 40 heavy (non-hydrogen) atoms. The van der Waals surface area contributed by atoms with Crippen molar-refractivity contribution in [1.29, 1.82) is 0 Å². The number of aryl methyl sites for hydroxylation is 2. The van der Waals surface area contributed by atoms with Gasteiger partial charge < -0.3 is 10.3 Å². The highest BCUT2D eigenvalue weighted by Gasteiger charge is 2.27. The zero-order valence-electron chi connectivity index (χ0n) is 22.8. The lowest BCUT2D eigenvalue weighted by Gasteiger charge is -2.35. The van der Waals surface area contributed by atoms with Crippen LogP contribution in [0.25, 0.3) is 11.0 Å². The van der Waals surface area contributed by atoms with E-state index < -0.39 is 0 Å². The highest BCUT2D eigenvalue weighted by Crippen LogP contribution is 2.34. The largest absolute Gasteiger partial charge is 0.342 e. The van der Waals surface area contributed by atoms with Crippen molar-refractivity contribution in [3.63, 3.8) is 0 Å². The fourth-order valence-electron chi connectivity index (χ4n) is 5.69. The number of halogens is 1. The topological polar surface area (TPSA) is 69.7 Å². The maximum absolute atomic E-state index is 4.86. The van der Waals surface area contributed by atoms with Gasteiger partial charge in [-0.15, -0.1) is 17.0 Å². The Morgan fingerprint density at radius 2 is 1.68 bits per heavy atom. The van der Waals surface area contributed by atoms with E-state index in [-0.39, 0.29) is 17.0 Å². The summed E-state index contributed by atoms with van der Waals surface area (Å²) in [6.45, 7) is 3.53. The van der Waals surface area contributed by atoms with Crippen LogP contribution in [0.3, 0.4) is 0 Å². The molecule has 2 N–H and O–H groups in total. The van der Waals surface area contributed by atoms with Crippen LogP contribution >= 0.6 is 17.0 Å². The maximum atomic E-state index is 4.86. The van der Waals surface area contributed by atoms with E-state index in [9.17, 15) is 0 Å². The fourth-order valence-corrected chi connectivity index (χ4v) is 5.69. The molecule has 0 saturated heterocycles. The molecule has 0 amide bonds. The van der Waals surface area contributed by atoms with Gasteiger partial charge in [0.1, 0.15) is 5.82 Å². The Hall–Kier alpha value is -3.39.